The lowest BCUT2D eigenvalue weighted by Gasteiger charge is -2.23. The largest absolute Gasteiger partial charge is 0.507 e. The SMILES string of the molecule is COC(=O)c1ccc([C@H]2C(=C(O)c3ccc4c(c3)C[C@H](C)O4)C(=O)C(=O)N2c2nc3ccc(C)cc3s2)cc1. The normalized spacial score (nSPS) is 19.8. The lowest BCUT2D eigenvalue weighted by molar-refractivity contribution is -0.132. The van der Waals surface area contributed by atoms with Crippen molar-refractivity contribution in [2.45, 2.75) is 32.4 Å². The number of ether oxygens (including phenoxy) is 2. The minimum Gasteiger partial charge on any atom is -0.507 e. The summed E-state index contributed by atoms with van der Waals surface area (Å²) in [6.07, 6.45) is 0.688. The molecule has 1 aromatic heterocycles. The maximum Gasteiger partial charge on any atom is 0.337 e. The summed E-state index contributed by atoms with van der Waals surface area (Å²) in [4.78, 5) is 45.1. The van der Waals surface area contributed by atoms with Gasteiger partial charge in [-0.2, -0.15) is 0 Å². The fourth-order valence-corrected chi connectivity index (χ4v) is 6.20. The van der Waals surface area contributed by atoms with Crippen LogP contribution < -0.4 is 9.64 Å². The first-order valence-electron chi connectivity index (χ1n) is 12.4. The molecule has 6 rings (SSSR count). The highest BCUT2D eigenvalue weighted by molar-refractivity contribution is 7.22. The Morgan fingerprint density at radius 1 is 1.08 bits per heavy atom. The Morgan fingerprint density at radius 2 is 1.82 bits per heavy atom. The summed E-state index contributed by atoms with van der Waals surface area (Å²) in [5.74, 6) is -1.65. The molecule has 0 saturated carbocycles. The van der Waals surface area contributed by atoms with Crippen LogP contribution in [0.3, 0.4) is 0 Å². The summed E-state index contributed by atoms with van der Waals surface area (Å²) in [5, 5.41) is 11.8. The molecular formula is C30H24N2O6S. The first-order valence-corrected chi connectivity index (χ1v) is 13.2. The fraction of sp³-hybridized carbons (Fsp3) is 0.200. The highest BCUT2D eigenvalue weighted by Gasteiger charge is 2.48. The van der Waals surface area contributed by atoms with E-state index in [2.05, 4.69) is 4.98 Å². The van der Waals surface area contributed by atoms with Gasteiger partial charge in [-0.3, -0.25) is 14.5 Å². The number of ketones is 1. The number of rotatable bonds is 4. The number of hydrogen-bond acceptors (Lipinski definition) is 8. The van der Waals surface area contributed by atoms with Crippen molar-refractivity contribution in [2.24, 2.45) is 0 Å². The number of fused-ring (bicyclic) bond motifs is 2. The van der Waals surface area contributed by atoms with Gasteiger partial charge >= 0.3 is 11.9 Å². The maximum atomic E-state index is 13.5. The highest BCUT2D eigenvalue weighted by atomic mass is 32.1. The van der Waals surface area contributed by atoms with E-state index in [-0.39, 0.29) is 17.4 Å². The number of esters is 1. The van der Waals surface area contributed by atoms with Gasteiger partial charge < -0.3 is 14.6 Å². The van der Waals surface area contributed by atoms with Gasteiger partial charge in [0, 0.05) is 12.0 Å². The predicted molar refractivity (Wildman–Crippen MR) is 147 cm³/mol. The van der Waals surface area contributed by atoms with Gasteiger partial charge in [-0.15, -0.1) is 0 Å². The second kappa shape index (κ2) is 9.36. The molecule has 1 N–H and O–H groups in total. The predicted octanol–water partition coefficient (Wildman–Crippen LogP) is 5.34. The van der Waals surface area contributed by atoms with E-state index in [1.54, 1.807) is 42.5 Å². The Balaban J connectivity index is 1.52. The summed E-state index contributed by atoms with van der Waals surface area (Å²) in [6.45, 7) is 3.93. The molecule has 0 bridgehead atoms. The number of aliphatic hydroxyl groups is 1. The van der Waals surface area contributed by atoms with Gasteiger partial charge in [0.1, 0.15) is 17.6 Å². The number of carbonyl (C=O) groups is 3. The van der Waals surface area contributed by atoms with E-state index in [0.717, 1.165) is 21.6 Å². The number of Topliss-reactive ketones (excluding diaryl/α,β-unsaturated/α-hetero) is 1. The molecule has 3 aromatic carbocycles. The molecule has 1 amide bonds. The molecule has 8 nitrogen and oxygen atoms in total. The van der Waals surface area contributed by atoms with Gasteiger partial charge in [-0.25, -0.2) is 9.78 Å². The quantitative estimate of drug-likeness (QED) is 0.161. The number of benzene rings is 3. The molecule has 2 atom stereocenters. The van der Waals surface area contributed by atoms with Crippen molar-refractivity contribution in [2.75, 3.05) is 12.0 Å². The van der Waals surface area contributed by atoms with Crippen LogP contribution in [0.2, 0.25) is 0 Å². The standard InChI is InChI=1S/C30H24N2O6S/c1-15-4-10-21-23(12-15)39-30(31-21)32-25(17-5-7-18(8-6-17)29(36)37-3)24(27(34)28(32)35)26(33)19-9-11-22-20(14-19)13-16(2)38-22/h4-12,14,16,25,33H,13H2,1-3H3/t16-,25-/m0/s1. The minimum atomic E-state index is -0.957. The van der Waals surface area contributed by atoms with E-state index in [4.69, 9.17) is 9.47 Å². The van der Waals surface area contributed by atoms with Gasteiger partial charge in [-0.1, -0.05) is 29.5 Å². The van der Waals surface area contributed by atoms with E-state index >= 15 is 0 Å². The van der Waals surface area contributed by atoms with Crippen molar-refractivity contribution in [3.63, 3.8) is 0 Å². The van der Waals surface area contributed by atoms with Gasteiger partial charge in [0.25, 0.3) is 5.78 Å². The topological polar surface area (TPSA) is 106 Å². The second-order valence-corrected chi connectivity index (χ2v) is 10.7. The summed E-state index contributed by atoms with van der Waals surface area (Å²) >= 11 is 1.30. The van der Waals surface area contributed by atoms with Crippen molar-refractivity contribution in [3.8, 4) is 5.75 Å². The first-order chi connectivity index (χ1) is 18.7. The molecule has 1 saturated heterocycles. The molecule has 0 radical (unpaired) electrons. The fourth-order valence-electron chi connectivity index (χ4n) is 5.11. The van der Waals surface area contributed by atoms with E-state index in [0.29, 0.717) is 33.8 Å². The van der Waals surface area contributed by atoms with Gasteiger partial charge in [0.15, 0.2) is 5.13 Å². The Kier molecular flexibility index (Phi) is 5.95. The number of aromatic nitrogens is 1. The number of methoxy groups -OCH3 is 1. The number of thiazole rings is 1. The molecule has 196 valence electrons. The summed E-state index contributed by atoms with van der Waals surface area (Å²) in [7, 11) is 1.29. The number of aliphatic hydroxyl groups excluding tert-OH is 1. The molecule has 9 heteroatoms. The van der Waals surface area contributed by atoms with E-state index in [9.17, 15) is 19.5 Å². The van der Waals surface area contributed by atoms with Crippen LogP contribution in [0.5, 0.6) is 5.75 Å². The molecule has 1 fully saturated rings. The van der Waals surface area contributed by atoms with Crippen LogP contribution in [0.15, 0.2) is 66.2 Å². The molecule has 0 spiro atoms. The van der Waals surface area contributed by atoms with E-state index < -0.39 is 23.7 Å². The molecular weight excluding hydrogens is 516 g/mol. The van der Waals surface area contributed by atoms with Crippen LogP contribution in [0.25, 0.3) is 16.0 Å². The number of anilines is 1. The number of hydrogen-bond donors (Lipinski definition) is 1. The third-order valence-corrected chi connectivity index (χ3v) is 8.02. The third kappa shape index (κ3) is 4.15. The van der Waals surface area contributed by atoms with Crippen molar-refractivity contribution >= 4 is 50.1 Å². The Hall–Kier alpha value is -4.50. The Labute approximate surface area is 228 Å². The highest BCUT2D eigenvalue weighted by Crippen LogP contribution is 2.45. The molecule has 0 aliphatic carbocycles. The molecule has 39 heavy (non-hydrogen) atoms. The van der Waals surface area contributed by atoms with Crippen molar-refractivity contribution < 1.29 is 29.0 Å². The van der Waals surface area contributed by atoms with Crippen LogP contribution in [-0.4, -0.2) is 41.0 Å². The molecule has 2 aliphatic heterocycles. The number of nitrogens with zero attached hydrogens (tertiary/aromatic N) is 2. The third-order valence-electron chi connectivity index (χ3n) is 7.00. The molecule has 2 aliphatic rings. The average Bonchev–Trinajstić information content (AvgIpc) is 3.59. The summed E-state index contributed by atoms with van der Waals surface area (Å²) in [5.41, 5.74) is 3.90. The summed E-state index contributed by atoms with van der Waals surface area (Å²) in [6, 6.07) is 16.5. The smallest absolute Gasteiger partial charge is 0.337 e. The number of aryl methyl sites for hydroxylation is 1. The van der Waals surface area contributed by atoms with Crippen LogP contribution in [0.4, 0.5) is 5.13 Å². The van der Waals surface area contributed by atoms with Gasteiger partial charge in [0.2, 0.25) is 0 Å². The van der Waals surface area contributed by atoms with Gasteiger partial charge in [-0.05, 0) is 73.0 Å². The molecule has 3 heterocycles. The van der Waals surface area contributed by atoms with Crippen molar-refractivity contribution in [1.82, 2.24) is 4.98 Å². The van der Waals surface area contributed by atoms with Crippen LogP contribution in [0, 0.1) is 6.92 Å². The lowest BCUT2D eigenvalue weighted by atomic mass is 9.94. The van der Waals surface area contributed by atoms with Gasteiger partial charge in [0.05, 0.1) is 34.5 Å². The first kappa shape index (κ1) is 24.8. The van der Waals surface area contributed by atoms with Crippen molar-refractivity contribution in [1.29, 1.82) is 0 Å². The molecule has 0 unspecified atom stereocenters. The average molecular weight is 541 g/mol. The number of amides is 1. The summed E-state index contributed by atoms with van der Waals surface area (Å²) < 4.78 is 11.5. The van der Waals surface area contributed by atoms with E-state index in [1.807, 2.05) is 32.0 Å². The van der Waals surface area contributed by atoms with Crippen LogP contribution >= 0.6 is 11.3 Å². The minimum absolute atomic E-state index is 0.0129. The Morgan fingerprint density at radius 3 is 2.56 bits per heavy atom. The van der Waals surface area contributed by atoms with Crippen molar-refractivity contribution in [3.05, 3.63) is 94.1 Å². The van der Waals surface area contributed by atoms with Crippen LogP contribution in [0.1, 0.15) is 45.6 Å². The second-order valence-electron chi connectivity index (χ2n) is 9.71. The number of carbonyl (C=O) groups excluding carboxylic acids is 3. The zero-order valence-electron chi connectivity index (χ0n) is 21.4. The zero-order valence-corrected chi connectivity index (χ0v) is 22.2. The zero-order chi connectivity index (χ0) is 27.4. The Bertz CT molecular complexity index is 1700. The van der Waals surface area contributed by atoms with Crippen LogP contribution in [-0.2, 0) is 20.7 Å². The maximum absolute atomic E-state index is 13.5. The molecule has 4 aromatic rings. The monoisotopic (exact) mass is 540 g/mol. The lowest BCUT2D eigenvalue weighted by Crippen LogP contribution is -2.29. The van der Waals surface area contributed by atoms with E-state index in [1.165, 1.54) is 23.3 Å².